The van der Waals surface area contributed by atoms with E-state index in [4.69, 9.17) is 0 Å². The molecule has 0 atom stereocenters. The molecule has 0 amide bonds. The molecule has 0 radical (unpaired) electrons. The predicted octanol–water partition coefficient (Wildman–Crippen LogP) is 1.82. The number of rotatable bonds is 3. The number of fused-ring (bicyclic) bond motifs is 1. The van der Waals surface area contributed by atoms with Crippen molar-refractivity contribution >= 4 is 0 Å². The van der Waals surface area contributed by atoms with Gasteiger partial charge in [-0.2, -0.15) is 0 Å². The number of nitrogens with zero attached hydrogens (tertiary/aromatic N) is 2. The summed E-state index contributed by atoms with van der Waals surface area (Å²) in [5, 5.41) is 3.42. The van der Waals surface area contributed by atoms with Gasteiger partial charge in [0.25, 0.3) is 0 Å². The van der Waals surface area contributed by atoms with E-state index in [-0.39, 0.29) is 0 Å². The maximum Gasteiger partial charge on any atom is 0.0234 e. The molecule has 0 unspecified atom stereocenters. The monoisotopic (exact) mass is 259 g/mol. The van der Waals surface area contributed by atoms with Crippen LogP contribution in [-0.2, 0) is 19.6 Å². The normalized spacial score (nSPS) is 21.0. The lowest BCUT2D eigenvalue weighted by atomic mass is 10.1. The van der Waals surface area contributed by atoms with Crippen LogP contribution in [0.15, 0.2) is 18.2 Å². The van der Waals surface area contributed by atoms with Gasteiger partial charge in [-0.1, -0.05) is 18.2 Å². The molecular weight excluding hydrogens is 234 g/mol. The van der Waals surface area contributed by atoms with Gasteiger partial charge >= 0.3 is 0 Å². The zero-order valence-electron chi connectivity index (χ0n) is 12.2. The Labute approximate surface area is 116 Å². The van der Waals surface area contributed by atoms with E-state index < -0.39 is 0 Å². The van der Waals surface area contributed by atoms with Gasteiger partial charge in [0.2, 0.25) is 0 Å². The number of hydrogen-bond donors (Lipinski definition) is 1. The van der Waals surface area contributed by atoms with Crippen LogP contribution in [0, 0.1) is 0 Å². The summed E-state index contributed by atoms with van der Waals surface area (Å²) in [5.41, 5.74) is 4.45. The second-order valence-corrected chi connectivity index (χ2v) is 6.11. The zero-order chi connectivity index (χ0) is 13.2. The van der Waals surface area contributed by atoms with Crippen LogP contribution in [0.4, 0.5) is 0 Å². The maximum absolute atomic E-state index is 3.42. The van der Waals surface area contributed by atoms with Crippen molar-refractivity contribution < 1.29 is 0 Å². The summed E-state index contributed by atoms with van der Waals surface area (Å²) in [6.45, 7) is 12.6. The summed E-state index contributed by atoms with van der Waals surface area (Å²) in [5.74, 6) is 0. The van der Waals surface area contributed by atoms with E-state index in [1.165, 1.54) is 42.9 Å². The SMILES string of the molecule is CC(C)N1CCN(Cc2ccc3c(c2)CNC3)CC1. The van der Waals surface area contributed by atoms with Crippen molar-refractivity contribution in [3.8, 4) is 0 Å². The molecule has 0 spiro atoms. The standard InChI is InChI=1S/C16H25N3/c1-13(2)19-7-5-18(6-8-19)12-14-3-4-15-10-17-11-16(15)9-14/h3-4,9,13,17H,5-8,10-12H2,1-2H3. The molecule has 1 aromatic rings. The summed E-state index contributed by atoms with van der Waals surface area (Å²) in [6.07, 6.45) is 0. The Hall–Kier alpha value is -0.900. The topological polar surface area (TPSA) is 18.5 Å². The van der Waals surface area contributed by atoms with Crippen LogP contribution < -0.4 is 5.32 Å². The molecule has 0 bridgehead atoms. The van der Waals surface area contributed by atoms with Gasteiger partial charge in [0.05, 0.1) is 0 Å². The van der Waals surface area contributed by atoms with E-state index in [0.717, 1.165) is 19.6 Å². The van der Waals surface area contributed by atoms with Crippen molar-refractivity contribution in [3.05, 3.63) is 34.9 Å². The largest absolute Gasteiger partial charge is 0.309 e. The molecular formula is C16H25N3. The van der Waals surface area contributed by atoms with E-state index in [1.54, 1.807) is 0 Å². The lowest BCUT2D eigenvalue weighted by Gasteiger charge is -2.37. The Morgan fingerprint density at radius 2 is 1.79 bits per heavy atom. The lowest BCUT2D eigenvalue weighted by Crippen LogP contribution is -2.48. The van der Waals surface area contributed by atoms with Crippen LogP contribution in [-0.4, -0.2) is 42.0 Å². The van der Waals surface area contributed by atoms with E-state index in [1.807, 2.05) is 0 Å². The molecule has 3 nitrogen and oxygen atoms in total. The third-order valence-electron chi connectivity index (χ3n) is 4.44. The molecule has 0 aliphatic carbocycles. The third-order valence-corrected chi connectivity index (χ3v) is 4.44. The van der Waals surface area contributed by atoms with Crippen molar-refractivity contribution in [1.29, 1.82) is 0 Å². The van der Waals surface area contributed by atoms with Crippen molar-refractivity contribution in [2.75, 3.05) is 26.2 Å². The number of benzene rings is 1. The highest BCUT2D eigenvalue weighted by molar-refractivity contribution is 5.34. The first kappa shape index (κ1) is 13.1. The molecule has 1 N–H and O–H groups in total. The van der Waals surface area contributed by atoms with E-state index >= 15 is 0 Å². The quantitative estimate of drug-likeness (QED) is 0.893. The first-order valence-electron chi connectivity index (χ1n) is 7.50. The minimum absolute atomic E-state index is 0.688. The second kappa shape index (κ2) is 5.61. The summed E-state index contributed by atoms with van der Waals surface area (Å²) in [7, 11) is 0. The first-order chi connectivity index (χ1) is 9.22. The van der Waals surface area contributed by atoms with E-state index in [2.05, 4.69) is 47.2 Å². The van der Waals surface area contributed by atoms with Crippen molar-refractivity contribution in [3.63, 3.8) is 0 Å². The highest BCUT2D eigenvalue weighted by atomic mass is 15.3. The Bertz CT molecular complexity index is 434. The summed E-state index contributed by atoms with van der Waals surface area (Å²) >= 11 is 0. The molecule has 1 saturated heterocycles. The van der Waals surface area contributed by atoms with Gasteiger partial charge in [-0.25, -0.2) is 0 Å². The van der Waals surface area contributed by atoms with Crippen LogP contribution in [0.25, 0.3) is 0 Å². The fraction of sp³-hybridized carbons (Fsp3) is 0.625. The van der Waals surface area contributed by atoms with Crippen molar-refractivity contribution in [1.82, 2.24) is 15.1 Å². The molecule has 19 heavy (non-hydrogen) atoms. The first-order valence-corrected chi connectivity index (χ1v) is 7.50. The van der Waals surface area contributed by atoms with Crippen LogP contribution >= 0.6 is 0 Å². The summed E-state index contributed by atoms with van der Waals surface area (Å²) in [6, 6.07) is 7.69. The molecule has 3 heteroatoms. The molecule has 0 saturated carbocycles. The molecule has 2 aliphatic rings. The lowest BCUT2D eigenvalue weighted by molar-refractivity contribution is 0.104. The smallest absolute Gasteiger partial charge is 0.0234 e. The Kier molecular flexibility index (Phi) is 3.87. The van der Waals surface area contributed by atoms with Crippen LogP contribution in [0.3, 0.4) is 0 Å². The summed E-state index contributed by atoms with van der Waals surface area (Å²) in [4.78, 5) is 5.16. The zero-order valence-corrected chi connectivity index (χ0v) is 12.2. The van der Waals surface area contributed by atoms with Gasteiger partial charge in [-0.05, 0) is 30.5 Å². The fourth-order valence-corrected chi connectivity index (χ4v) is 3.14. The minimum Gasteiger partial charge on any atom is -0.309 e. The molecule has 1 fully saturated rings. The fourth-order valence-electron chi connectivity index (χ4n) is 3.14. The molecule has 104 valence electrons. The number of piperazine rings is 1. The third kappa shape index (κ3) is 2.99. The predicted molar refractivity (Wildman–Crippen MR) is 79.0 cm³/mol. The van der Waals surface area contributed by atoms with Crippen molar-refractivity contribution in [2.24, 2.45) is 0 Å². The molecule has 3 rings (SSSR count). The highest BCUT2D eigenvalue weighted by Crippen LogP contribution is 2.18. The Morgan fingerprint density at radius 1 is 1.05 bits per heavy atom. The Balaban J connectivity index is 1.58. The average molecular weight is 259 g/mol. The Morgan fingerprint density at radius 3 is 2.53 bits per heavy atom. The van der Waals surface area contributed by atoms with Crippen molar-refractivity contribution in [2.45, 2.75) is 39.5 Å². The van der Waals surface area contributed by atoms with Gasteiger partial charge in [-0.15, -0.1) is 0 Å². The molecule has 2 aliphatic heterocycles. The summed E-state index contributed by atoms with van der Waals surface area (Å²) < 4.78 is 0. The highest BCUT2D eigenvalue weighted by Gasteiger charge is 2.19. The maximum atomic E-state index is 3.42. The second-order valence-electron chi connectivity index (χ2n) is 6.11. The molecule has 1 aromatic carbocycles. The minimum atomic E-state index is 0.688. The molecule has 0 aromatic heterocycles. The van der Waals surface area contributed by atoms with Crippen LogP contribution in [0.2, 0.25) is 0 Å². The van der Waals surface area contributed by atoms with E-state index in [0.29, 0.717) is 6.04 Å². The van der Waals surface area contributed by atoms with Gasteiger partial charge < -0.3 is 5.32 Å². The van der Waals surface area contributed by atoms with Gasteiger partial charge in [0, 0.05) is 51.9 Å². The molecule has 2 heterocycles. The average Bonchev–Trinajstić information content (AvgIpc) is 2.87. The van der Waals surface area contributed by atoms with Crippen LogP contribution in [0.1, 0.15) is 30.5 Å². The van der Waals surface area contributed by atoms with Crippen LogP contribution in [0.5, 0.6) is 0 Å². The van der Waals surface area contributed by atoms with Gasteiger partial charge in [0.1, 0.15) is 0 Å². The van der Waals surface area contributed by atoms with E-state index in [9.17, 15) is 0 Å². The van der Waals surface area contributed by atoms with Gasteiger partial charge in [0.15, 0.2) is 0 Å². The van der Waals surface area contributed by atoms with Gasteiger partial charge in [-0.3, -0.25) is 9.80 Å². The number of hydrogen-bond acceptors (Lipinski definition) is 3. The number of nitrogens with one attached hydrogen (secondary N) is 1.